The fraction of sp³-hybridized carbons (Fsp3) is 0.400. The monoisotopic (exact) mass is 304 g/mol. The molecule has 0 atom stereocenters. The third kappa shape index (κ3) is 3.82. The predicted octanol–water partition coefficient (Wildman–Crippen LogP) is 2.15. The predicted molar refractivity (Wildman–Crippen MR) is 82.5 cm³/mol. The van der Waals surface area contributed by atoms with Gasteiger partial charge in [-0.3, -0.25) is 0 Å². The number of rotatable bonds is 6. The van der Waals surface area contributed by atoms with Crippen molar-refractivity contribution in [3.8, 4) is 11.5 Å². The van der Waals surface area contributed by atoms with Gasteiger partial charge in [0.2, 0.25) is 11.8 Å². The largest absolute Gasteiger partial charge is 0.421 e. The molecule has 1 heterocycles. The van der Waals surface area contributed by atoms with Crippen molar-refractivity contribution >= 4 is 11.7 Å². The van der Waals surface area contributed by atoms with Crippen molar-refractivity contribution in [1.29, 1.82) is 0 Å². The van der Waals surface area contributed by atoms with Crippen LogP contribution in [-0.4, -0.2) is 45.9 Å². The van der Waals surface area contributed by atoms with E-state index in [0.29, 0.717) is 37.0 Å². The highest BCUT2D eigenvalue weighted by Gasteiger charge is 2.11. The normalized spacial score (nSPS) is 10.5. The first-order valence-corrected chi connectivity index (χ1v) is 7.27. The van der Waals surface area contributed by atoms with E-state index in [1.807, 2.05) is 26.0 Å². The summed E-state index contributed by atoms with van der Waals surface area (Å²) in [6, 6.07) is 6.93. The first-order chi connectivity index (χ1) is 10.7. The van der Waals surface area contributed by atoms with Crippen molar-refractivity contribution in [3.05, 3.63) is 30.2 Å². The van der Waals surface area contributed by atoms with Crippen molar-refractivity contribution in [2.24, 2.45) is 0 Å². The van der Waals surface area contributed by atoms with E-state index >= 15 is 0 Å². The number of anilines is 1. The Balaban J connectivity index is 2.04. The Morgan fingerprint density at radius 2 is 2.00 bits per heavy atom. The SMILES string of the molecule is CCc1nnc(-c2ccc(NC(=O)N(CC)CCO)cc2)o1. The zero-order valence-electron chi connectivity index (χ0n) is 12.7. The van der Waals surface area contributed by atoms with Crippen LogP contribution in [0.2, 0.25) is 0 Å². The lowest BCUT2D eigenvalue weighted by Gasteiger charge is -2.20. The summed E-state index contributed by atoms with van der Waals surface area (Å²) >= 11 is 0. The maximum Gasteiger partial charge on any atom is 0.321 e. The molecule has 1 aromatic heterocycles. The van der Waals surface area contributed by atoms with Gasteiger partial charge in [0.25, 0.3) is 0 Å². The molecular formula is C15H20N4O3. The van der Waals surface area contributed by atoms with Crippen LogP contribution in [0.5, 0.6) is 0 Å². The molecule has 2 N–H and O–H groups in total. The lowest BCUT2D eigenvalue weighted by Crippen LogP contribution is -2.36. The molecule has 22 heavy (non-hydrogen) atoms. The molecule has 118 valence electrons. The fourth-order valence-corrected chi connectivity index (χ4v) is 1.94. The molecule has 0 radical (unpaired) electrons. The molecule has 2 amide bonds. The molecule has 2 aromatic rings. The molecule has 0 fully saturated rings. The van der Waals surface area contributed by atoms with Crippen LogP contribution in [0.4, 0.5) is 10.5 Å². The summed E-state index contributed by atoms with van der Waals surface area (Å²) in [5.74, 6) is 1.06. The summed E-state index contributed by atoms with van der Waals surface area (Å²) in [6.07, 6.45) is 0.693. The van der Waals surface area contributed by atoms with E-state index in [1.165, 1.54) is 4.90 Å². The Morgan fingerprint density at radius 3 is 2.55 bits per heavy atom. The smallest absolute Gasteiger partial charge is 0.321 e. The molecule has 0 aliphatic rings. The van der Waals surface area contributed by atoms with Crippen LogP contribution in [0, 0.1) is 0 Å². The van der Waals surface area contributed by atoms with Gasteiger partial charge in [0.05, 0.1) is 6.61 Å². The molecule has 0 aliphatic carbocycles. The van der Waals surface area contributed by atoms with Crippen LogP contribution in [0.3, 0.4) is 0 Å². The second kappa shape index (κ2) is 7.56. The van der Waals surface area contributed by atoms with Gasteiger partial charge in [-0.2, -0.15) is 0 Å². The third-order valence-corrected chi connectivity index (χ3v) is 3.19. The summed E-state index contributed by atoms with van der Waals surface area (Å²) in [7, 11) is 0. The Morgan fingerprint density at radius 1 is 1.27 bits per heavy atom. The van der Waals surface area contributed by atoms with Gasteiger partial charge in [0.15, 0.2) is 0 Å². The van der Waals surface area contributed by atoms with E-state index in [1.54, 1.807) is 12.1 Å². The average Bonchev–Trinajstić information content (AvgIpc) is 3.02. The van der Waals surface area contributed by atoms with E-state index in [2.05, 4.69) is 15.5 Å². The first kappa shape index (κ1) is 16.0. The molecule has 0 aliphatic heterocycles. The van der Waals surface area contributed by atoms with E-state index < -0.39 is 0 Å². The van der Waals surface area contributed by atoms with Gasteiger partial charge in [-0.25, -0.2) is 4.79 Å². The number of likely N-dealkylation sites (N-methyl/N-ethyl adjacent to an activating group) is 1. The van der Waals surface area contributed by atoms with Crippen LogP contribution in [0.1, 0.15) is 19.7 Å². The lowest BCUT2D eigenvalue weighted by atomic mass is 10.2. The number of nitrogens with zero attached hydrogens (tertiary/aromatic N) is 3. The summed E-state index contributed by atoms with van der Waals surface area (Å²) < 4.78 is 5.48. The van der Waals surface area contributed by atoms with Crippen LogP contribution < -0.4 is 5.32 Å². The van der Waals surface area contributed by atoms with Crippen molar-refractivity contribution in [3.63, 3.8) is 0 Å². The number of nitrogens with one attached hydrogen (secondary N) is 1. The summed E-state index contributed by atoms with van der Waals surface area (Å²) in [5, 5.41) is 19.6. The molecule has 2 rings (SSSR count). The Bertz CT molecular complexity index is 610. The van der Waals surface area contributed by atoms with E-state index in [0.717, 1.165) is 5.56 Å². The highest BCUT2D eigenvalue weighted by Crippen LogP contribution is 2.20. The average molecular weight is 304 g/mol. The number of benzene rings is 1. The minimum Gasteiger partial charge on any atom is -0.421 e. The van der Waals surface area contributed by atoms with Gasteiger partial charge < -0.3 is 19.7 Å². The van der Waals surface area contributed by atoms with Gasteiger partial charge in [0, 0.05) is 30.8 Å². The summed E-state index contributed by atoms with van der Waals surface area (Å²) in [4.78, 5) is 13.5. The van der Waals surface area contributed by atoms with Gasteiger partial charge in [-0.05, 0) is 31.2 Å². The fourth-order valence-electron chi connectivity index (χ4n) is 1.94. The first-order valence-electron chi connectivity index (χ1n) is 7.27. The number of hydrogen-bond acceptors (Lipinski definition) is 5. The quantitative estimate of drug-likeness (QED) is 0.853. The minimum absolute atomic E-state index is 0.0584. The lowest BCUT2D eigenvalue weighted by molar-refractivity contribution is 0.192. The highest BCUT2D eigenvalue weighted by atomic mass is 16.4. The van der Waals surface area contributed by atoms with E-state index in [4.69, 9.17) is 9.52 Å². The Labute approximate surface area is 129 Å². The summed E-state index contributed by atoms with van der Waals surface area (Å²) in [5.41, 5.74) is 1.47. The van der Waals surface area contributed by atoms with Crippen LogP contribution in [0.15, 0.2) is 28.7 Å². The van der Waals surface area contributed by atoms with E-state index in [-0.39, 0.29) is 12.6 Å². The number of aryl methyl sites for hydroxylation is 1. The molecular weight excluding hydrogens is 284 g/mol. The number of carbonyl (C=O) groups excluding carboxylic acids is 1. The maximum atomic E-state index is 12.0. The molecule has 0 spiro atoms. The number of aromatic nitrogens is 2. The van der Waals surface area contributed by atoms with Gasteiger partial charge in [0.1, 0.15) is 0 Å². The molecule has 0 unspecified atom stereocenters. The van der Waals surface area contributed by atoms with Crippen molar-refractivity contribution in [2.75, 3.05) is 25.0 Å². The topological polar surface area (TPSA) is 91.5 Å². The molecule has 0 saturated heterocycles. The maximum absolute atomic E-state index is 12.0. The molecule has 7 heteroatoms. The van der Waals surface area contributed by atoms with Crippen LogP contribution in [-0.2, 0) is 6.42 Å². The van der Waals surface area contributed by atoms with Gasteiger partial charge >= 0.3 is 6.03 Å². The summed E-state index contributed by atoms with van der Waals surface area (Å²) in [6.45, 7) is 4.59. The number of amides is 2. The van der Waals surface area contributed by atoms with Crippen LogP contribution >= 0.6 is 0 Å². The molecule has 0 saturated carbocycles. The van der Waals surface area contributed by atoms with Crippen molar-refractivity contribution < 1.29 is 14.3 Å². The second-order valence-electron chi connectivity index (χ2n) is 4.67. The number of aliphatic hydroxyl groups excluding tert-OH is 1. The van der Waals surface area contributed by atoms with Gasteiger partial charge in [-0.1, -0.05) is 6.92 Å². The van der Waals surface area contributed by atoms with E-state index in [9.17, 15) is 4.79 Å². The Hall–Kier alpha value is -2.41. The number of carbonyl (C=O) groups is 1. The second-order valence-corrected chi connectivity index (χ2v) is 4.67. The number of urea groups is 1. The number of aliphatic hydroxyl groups is 1. The Kier molecular flexibility index (Phi) is 5.48. The van der Waals surface area contributed by atoms with Crippen molar-refractivity contribution in [1.82, 2.24) is 15.1 Å². The third-order valence-electron chi connectivity index (χ3n) is 3.19. The van der Waals surface area contributed by atoms with Crippen LogP contribution in [0.25, 0.3) is 11.5 Å². The zero-order valence-corrected chi connectivity index (χ0v) is 12.7. The molecule has 1 aromatic carbocycles. The number of hydrogen-bond donors (Lipinski definition) is 2. The van der Waals surface area contributed by atoms with Crippen molar-refractivity contribution in [2.45, 2.75) is 20.3 Å². The standard InChI is InChI=1S/C15H20N4O3/c1-3-13-17-18-14(22-13)11-5-7-12(8-6-11)16-15(21)19(4-2)9-10-20/h5-8,20H,3-4,9-10H2,1-2H3,(H,16,21). The zero-order chi connectivity index (χ0) is 15.9. The molecule has 7 nitrogen and oxygen atoms in total. The molecule has 0 bridgehead atoms. The highest BCUT2D eigenvalue weighted by molar-refractivity contribution is 5.89. The minimum atomic E-state index is -0.240. The van der Waals surface area contributed by atoms with Gasteiger partial charge in [-0.15, -0.1) is 10.2 Å².